The number of rotatable bonds is 38. The van der Waals surface area contributed by atoms with Gasteiger partial charge in [-0.1, -0.05) is 238 Å². The van der Waals surface area contributed by atoms with Crippen molar-refractivity contribution in [2.75, 3.05) is 47.7 Å². The van der Waals surface area contributed by atoms with Gasteiger partial charge in [0.25, 0.3) is 8.32 Å². The summed E-state index contributed by atoms with van der Waals surface area (Å²) in [6, 6.07) is 67.1. The van der Waals surface area contributed by atoms with Gasteiger partial charge in [0.1, 0.15) is 85.3 Å². The maximum absolute atomic E-state index is 14.2. The molecule has 0 spiro atoms. The van der Waals surface area contributed by atoms with E-state index >= 15 is 0 Å². The molecule has 1 aliphatic carbocycles. The Morgan fingerprint density at radius 2 is 0.932 bits per heavy atom. The van der Waals surface area contributed by atoms with E-state index in [1.165, 1.54) is 0 Å². The number of aliphatic carboxylic acids is 1. The number of ether oxygens (including phenoxy) is 14. The van der Waals surface area contributed by atoms with Gasteiger partial charge in [-0.3, -0.25) is 0 Å². The summed E-state index contributed by atoms with van der Waals surface area (Å²) in [6.07, 6.45) is -14.5. The Morgan fingerprint density at radius 3 is 1.43 bits per heavy atom. The van der Waals surface area contributed by atoms with Crippen LogP contribution in [0.2, 0.25) is 21.7 Å². The summed E-state index contributed by atoms with van der Waals surface area (Å²) in [6.45, 7) is 23.4. The fourth-order valence-electron chi connectivity index (χ4n) is 17.3. The van der Waals surface area contributed by atoms with Crippen molar-refractivity contribution in [3.63, 3.8) is 0 Å². The number of amides is 2. The Kier molecular flexibility index (Phi) is 29.8. The molecule has 4 aliphatic rings. The maximum atomic E-state index is 14.2. The fourth-order valence-corrected chi connectivity index (χ4v) is 27.3. The molecular formula is C93H116N2O20Si2. The number of fused-ring (bicyclic) bond motifs is 4. The fraction of sp³-hybridized carbons (Fsp3) is 0.452. The predicted octanol–water partition coefficient (Wildman–Crippen LogP) is 16.0. The monoisotopic (exact) mass is 1640 g/mol. The number of carbonyl (C=O) groups excluding carboxylic acids is 2. The highest BCUT2D eigenvalue weighted by molar-refractivity contribution is 6.99. The lowest BCUT2D eigenvalue weighted by Crippen LogP contribution is -2.69. The lowest BCUT2D eigenvalue weighted by Gasteiger charge is -2.50. The molecule has 24 heteroatoms. The summed E-state index contributed by atoms with van der Waals surface area (Å²) in [5.74, 6) is -0.938. The van der Waals surface area contributed by atoms with Crippen LogP contribution in [0.3, 0.4) is 0 Å². The van der Waals surface area contributed by atoms with Crippen molar-refractivity contribution < 1.29 is 94.7 Å². The van der Waals surface area contributed by atoms with E-state index in [0.29, 0.717) is 17.2 Å². The van der Waals surface area contributed by atoms with Gasteiger partial charge in [-0.2, -0.15) is 0 Å². The van der Waals surface area contributed by atoms with Gasteiger partial charge < -0.3 is 90.9 Å². The van der Waals surface area contributed by atoms with Crippen LogP contribution in [0.25, 0.3) is 11.1 Å². The van der Waals surface area contributed by atoms with Crippen LogP contribution < -0.4 is 35.2 Å². The van der Waals surface area contributed by atoms with Crippen LogP contribution in [0, 0.1) is 0 Å². The predicted molar refractivity (Wildman–Crippen MR) is 450 cm³/mol. The largest absolute Gasteiger partial charge is 0.497 e. The van der Waals surface area contributed by atoms with E-state index in [2.05, 4.69) is 97.2 Å². The van der Waals surface area contributed by atoms with Crippen LogP contribution in [-0.4, -0.2) is 167 Å². The van der Waals surface area contributed by atoms with Crippen molar-refractivity contribution >= 4 is 45.2 Å². The highest BCUT2D eigenvalue weighted by Crippen LogP contribution is 2.48. The van der Waals surface area contributed by atoms with Gasteiger partial charge in [-0.05, 0) is 140 Å². The number of carbonyl (C=O) groups is 3. The Morgan fingerprint density at radius 1 is 0.479 bits per heavy atom. The number of carboxylic acids is 1. The van der Waals surface area contributed by atoms with Crippen molar-refractivity contribution in [1.82, 2.24) is 10.6 Å². The second kappa shape index (κ2) is 39.8. The molecule has 2 amide bonds. The molecule has 12 rings (SSSR count). The molecule has 0 bridgehead atoms. The average molecular weight is 1640 g/mol. The first-order chi connectivity index (χ1) is 56.3. The molecule has 3 N–H and O–H groups in total. The topological polar surface area (TPSA) is 243 Å². The van der Waals surface area contributed by atoms with Crippen LogP contribution in [0.5, 0.6) is 17.2 Å². The van der Waals surface area contributed by atoms with Gasteiger partial charge in [-0.15, -0.1) is 0 Å². The summed E-state index contributed by atoms with van der Waals surface area (Å²) in [5.41, 5.74) is 7.77. The van der Waals surface area contributed by atoms with Gasteiger partial charge in [0.15, 0.2) is 26.7 Å². The molecule has 0 unspecified atom stereocenters. The lowest BCUT2D eigenvalue weighted by molar-refractivity contribution is -0.373. The third kappa shape index (κ3) is 21.1. The maximum Gasteiger partial charge on any atom is 0.407 e. The molecule has 3 fully saturated rings. The molecule has 117 heavy (non-hydrogen) atoms. The lowest BCUT2D eigenvalue weighted by atomic mass is 9.96. The molecule has 8 aromatic rings. The summed E-state index contributed by atoms with van der Waals surface area (Å²) >= 11 is 0. The summed E-state index contributed by atoms with van der Waals surface area (Å²) < 4.78 is 111. The molecule has 626 valence electrons. The van der Waals surface area contributed by atoms with E-state index in [0.717, 1.165) is 54.9 Å². The zero-order valence-corrected chi connectivity index (χ0v) is 71.7. The number of hydrogen-bond donors (Lipinski definition) is 3. The molecule has 8 aromatic carbocycles. The molecule has 3 saturated heterocycles. The SMILES string of the molecule is COc1ccc(CO[C@@H]2[C@@H](OCc3ccc(OC)cc3)[C@@H](O[C@H]3[C@H](O[C@H](CC[C@H](NC(=O)OCC4c5ccccc5-c5ccccc54)C(=O)O)CNC(=O)OCc4ccccc4)O[C@H](CO[Si](c4ccccc4)(c4ccccc4)C(C)(C)C)[C@@H]4OC(C)(C)O[C@@H]43)O[C@H](CO[Si](C(C)C)(C(C)C)C(C)C)[C@H]2OCc2ccc(OC)cc2)cc1. The van der Waals surface area contributed by atoms with E-state index < -0.39 is 119 Å². The van der Waals surface area contributed by atoms with E-state index in [9.17, 15) is 19.5 Å². The second-order valence-corrected chi connectivity index (χ2v) is 42.6. The van der Waals surface area contributed by atoms with Gasteiger partial charge in [-0.25, -0.2) is 14.4 Å². The van der Waals surface area contributed by atoms with Crippen LogP contribution in [0.15, 0.2) is 212 Å². The van der Waals surface area contributed by atoms with E-state index in [-0.39, 0.29) is 88.2 Å². The standard InChI is InChI=1S/C93H116N2O20Si2/c1-60(2)116(61(3)4,62(5)6)108-58-79-81(103-53-64-38-44-67(100-12)45-39-64)83(104-54-65-40-46-68(101-13)47-41-65)85(105-55-66-42-48-69(102-14)49-43-66)88(111-79)113-86-84-82(114-93(10,11)115-84)80(59-109-117(92(7,8)9,71-30-20-16-21-31-71)72-32-22-17-23-33-72)112-89(86)110-70(52-94-90(98)106-56-63-28-18-15-19-29-63)50-51-78(87(96)97)95-91(99)107-57-77-75-36-26-24-34-73(75)74-35-25-27-37-76(74)77/h15-49,60-62,70,77-86,88-89H,50-59H2,1-14H3,(H,94,98)(H,95,99)(H,96,97)/t70-,78+,79-,80-,81-,82+,83+,84+,85-,86-,88-,89-/m1/s1. The van der Waals surface area contributed by atoms with Gasteiger partial charge in [0.05, 0.1) is 60.5 Å². The van der Waals surface area contributed by atoms with Gasteiger partial charge in [0, 0.05) is 12.5 Å². The first-order valence-electron chi connectivity index (χ1n) is 40.7. The van der Waals surface area contributed by atoms with E-state index in [4.69, 9.17) is 75.2 Å². The Hall–Kier alpha value is -8.84. The quantitative estimate of drug-likeness (QED) is 0.0305. The average Bonchev–Trinajstić information content (AvgIpc) is 1.39. The molecule has 0 saturated carbocycles. The number of benzene rings is 8. The highest BCUT2D eigenvalue weighted by atomic mass is 28.4. The minimum Gasteiger partial charge on any atom is -0.497 e. The molecule has 3 aliphatic heterocycles. The number of carboxylic acid groups (broad SMARTS) is 1. The molecule has 0 aromatic heterocycles. The van der Waals surface area contributed by atoms with Crippen LogP contribution in [-0.2, 0) is 92.2 Å². The zero-order chi connectivity index (χ0) is 83.0. The highest BCUT2D eigenvalue weighted by Gasteiger charge is 2.61. The van der Waals surface area contributed by atoms with Crippen LogP contribution in [0.4, 0.5) is 9.59 Å². The van der Waals surface area contributed by atoms with E-state index in [1.807, 2.05) is 202 Å². The van der Waals surface area contributed by atoms with Crippen molar-refractivity contribution in [3.8, 4) is 28.4 Å². The molecule has 3 heterocycles. The van der Waals surface area contributed by atoms with Crippen molar-refractivity contribution in [3.05, 3.63) is 246 Å². The second-order valence-electron chi connectivity index (χ2n) is 32.9. The minimum absolute atomic E-state index is 0.0150. The Labute approximate surface area is 690 Å². The zero-order valence-electron chi connectivity index (χ0n) is 69.7. The summed E-state index contributed by atoms with van der Waals surface area (Å²) in [7, 11) is -1.22. The third-order valence-corrected chi connectivity index (χ3v) is 34.0. The molecule has 22 nitrogen and oxygen atoms in total. The normalized spacial score (nSPS) is 21.7. The Bertz CT molecular complexity index is 4350. The van der Waals surface area contributed by atoms with Crippen molar-refractivity contribution in [2.45, 2.75) is 222 Å². The number of methoxy groups -OCH3 is 3. The first kappa shape index (κ1) is 87.5. The molecule has 12 atom stereocenters. The van der Waals surface area contributed by atoms with Crippen LogP contribution in [0.1, 0.15) is 128 Å². The minimum atomic E-state index is -3.36. The first-order valence-corrected chi connectivity index (χ1v) is 44.8. The van der Waals surface area contributed by atoms with Gasteiger partial charge >= 0.3 is 18.2 Å². The number of alkyl carbamates (subject to hydrolysis) is 2. The molecular weight excluding hydrogens is 1520 g/mol. The van der Waals surface area contributed by atoms with Crippen LogP contribution >= 0.6 is 0 Å². The molecule has 0 radical (unpaired) electrons. The number of hydrogen-bond acceptors (Lipinski definition) is 19. The van der Waals surface area contributed by atoms with Crippen molar-refractivity contribution in [1.29, 1.82) is 0 Å². The third-order valence-electron chi connectivity index (χ3n) is 22.9. The van der Waals surface area contributed by atoms with E-state index in [1.54, 1.807) is 21.3 Å². The number of nitrogens with one attached hydrogen (secondary N) is 2. The smallest absolute Gasteiger partial charge is 0.407 e. The van der Waals surface area contributed by atoms with Gasteiger partial charge in [0.2, 0.25) is 0 Å². The van der Waals surface area contributed by atoms with Crippen molar-refractivity contribution in [2.24, 2.45) is 0 Å². The summed E-state index contributed by atoms with van der Waals surface area (Å²) in [5, 5.41) is 18.3. The summed E-state index contributed by atoms with van der Waals surface area (Å²) in [4.78, 5) is 42.0. The Balaban J connectivity index is 0.965.